The van der Waals surface area contributed by atoms with Crippen molar-refractivity contribution in [1.29, 1.82) is 0 Å². The predicted molar refractivity (Wildman–Crippen MR) is 69.4 cm³/mol. The molecule has 1 fully saturated rings. The largest absolute Gasteiger partial charge is 0.397 e. The van der Waals surface area contributed by atoms with Gasteiger partial charge in [0, 0.05) is 19.7 Å². The molecule has 1 aliphatic heterocycles. The van der Waals surface area contributed by atoms with Crippen LogP contribution in [0.5, 0.6) is 0 Å². The van der Waals surface area contributed by atoms with Gasteiger partial charge in [0.15, 0.2) is 0 Å². The SMILES string of the molecule is Nc1cnc(Cl)cc1C(=O)N1CCCC(CO)C1. The molecule has 1 aliphatic rings. The van der Waals surface area contributed by atoms with E-state index in [0.717, 1.165) is 12.8 Å². The molecule has 0 aliphatic carbocycles. The molecule has 6 heteroatoms. The normalized spacial score (nSPS) is 19.9. The highest BCUT2D eigenvalue weighted by molar-refractivity contribution is 6.29. The minimum absolute atomic E-state index is 0.108. The number of aromatic nitrogens is 1. The van der Waals surface area contributed by atoms with Crippen LogP contribution in [0.1, 0.15) is 23.2 Å². The molecule has 1 atom stereocenters. The number of nitrogens with zero attached hydrogens (tertiary/aromatic N) is 2. The van der Waals surface area contributed by atoms with E-state index in [-0.39, 0.29) is 23.6 Å². The molecule has 0 bridgehead atoms. The number of aliphatic hydroxyl groups excluding tert-OH is 1. The van der Waals surface area contributed by atoms with Gasteiger partial charge in [-0.15, -0.1) is 0 Å². The molecule has 5 nitrogen and oxygen atoms in total. The van der Waals surface area contributed by atoms with Crippen LogP contribution in [0.2, 0.25) is 5.15 Å². The van der Waals surface area contributed by atoms with Crippen molar-refractivity contribution in [1.82, 2.24) is 9.88 Å². The van der Waals surface area contributed by atoms with Crippen LogP contribution in [0.15, 0.2) is 12.3 Å². The lowest BCUT2D eigenvalue weighted by atomic mass is 9.98. The number of piperidine rings is 1. The van der Waals surface area contributed by atoms with Crippen LogP contribution in [0.4, 0.5) is 5.69 Å². The number of likely N-dealkylation sites (tertiary alicyclic amines) is 1. The van der Waals surface area contributed by atoms with Gasteiger partial charge < -0.3 is 15.7 Å². The van der Waals surface area contributed by atoms with Gasteiger partial charge >= 0.3 is 0 Å². The lowest BCUT2D eigenvalue weighted by Gasteiger charge is -2.32. The summed E-state index contributed by atoms with van der Waals surface area (Å²) in [7, 11) is 0. The Morgan fingerprint density at radius 3 is 3.17 bits per heavy atom. The van der Waals surface area contributed by atoms with Crippen molar-refractivity contribution in [2.45, 2.75) is 12.8 Å². The van der Waals surface area contributed by atoms with Crippen molar-refractivity contribution in [2.75, 3.05) is 25.4 Å². The average Bonchev–Trinajstić information content (AvgIpc) is 2.41. The first-order valence-corrected chi connectivity index (χ1v) is 6.30. The van der Waals surface area contributed by atoms with Crippen molar-refractivity contribution < 1.29 is 9.90 Å². The van der Waals surface area contributed by atoms with Gasteiger partial charge in [-0.3, -0.25) is 4.79 Å². The fraction of sp³-hybridized carbons (Fsp3) is 0.500. The summed E-state index contributed by atoms with van der Waals surface area (Å²) >= 11 is 5.78. The molecule has 1 unspecified atom stereocenters. The summed E-state index contributed by atoms with van der Waals surface area (Å²) in [5.74, 6) is 0.0104. The minimum atomic E-state index is -0.144. The Bertz CT molecular complexity index is 453. The first kappa shape index (κ1) is 13.1. The highest BCUT2D eigenvalue weighted by atomic mass is 35.5. The summed E-state index contributed by atoms with van der Waals surface area (Å²) in [6, 6.07) is 1.49. The van der Waals surface area contributed by atoms with E-state index in [2.05, 4.69) is 4.98 Å². The standard InChI is InChI=1S/C12H16ClN3O2/c13-11-4-9(10(14)5-15-11)12(18)16-3-1-2-8(6-16)7-17/h4-5,8,17H,1-3,6-7,14H2. The topological polar surface area (TPSA) is 79.5 Å². The number of nitrogen functional groups attached to an aromatic ring is 1. The molecule has 0 saturated carbocycles. The fourth-order valence-corrected chi connectivity index (χ4v) is 2.35. The smallest absolute Gasteiger partial charge is 0.256 e. The number of carbonyl (C=O) groups is 1. The molecule has 0 spiro atoms. The first-order valence-electron chi connectivity index (χ1n) is 5.93. The van der Waals surface area contributed by atoms with Gasteiger partial charge in [-0.25, -0.2) is 4.98 Å². The molecular weight excluding hydrogens is 254 g/mol. The second-order valence-corrected chi connectivity index (χ2v) is 4.92. The molecule has 0 radical (unpaired) electrons. The summed E-state index contributed by atoms with van der Waals surface area (Å²) in [6.45, 7) is 1.36. The monoisotopic (exact) mass is 269 g/mol. The maximum atomic E-state index is 12.3. The molecule has 98 valence electrons. The summed E-state index contributed by atoms with van der Waals surface area (Å²) in [5.41, 5.74) is 6.46. The van der Waals surface area contributed by atoms with E-state index in [1.54, 1.807) is 4.90 Å². The number of aliphatic hydroxyl groups is 1. The number of pyridine rings is 1. The highest BCUT2D eigenvalue weighted by Gasteiger charge is 2.25. The maximum absolute atomic E-state index is 12.3. The van der Waals surface area contributed by atoms with E-state index in [4.69, 9.17) is 22.4 Å². The molecule has 1 aromatic rings. The second kappa shape index (κ2) is 5.54. The number of nitrogens with two attached hydrogens (primary N) is 1. The van der Waals surface area contributed by atoms with Crippen LogP contribution >= 0.6 is 11.6 Å². The highest BCUT2D eigenvalue weighted by Crippen LogP contribution is 2.21. The predicted octanol–water partition coefficient (Wildman–Crippen LogP) is 1.16. The van der Waals surface area contributed by atoms with E-state index in [0.29, 0.717) is 24.3 Å². The molecule has 2 heterocycles. The van der Waals surface area contributed by atoms with Gasteiger partial charge in [-0.1, -0.05) is 11.6 Å². The average molecular weight is 270 g/mol. The number of carbonyl (C=O) groups excluding carboxylic acids is 1. The molecular formula is C12H16ClN3O2. The summed E-state index contributed by atoms with van der Waals surface area (Å²) in [5, 5.41) is 9.42. The first-order chi connectivity index (χ1) is 8.61. The Labute approximate surface area is 111 Å². The molecule has 2 rings (SSSR count). The van der Waals surface area contributed by atoms with Crippen LogP contribution in [0.25, 0.3) is 0 Å². The van der Waals surface area contributed by atoms with E-state index >= 15 is 0 Å². The van der Waals surface area contributed by atoms with Gasteiger partial charge in [0.05, 0.1) is 17.4 Å². The van der Waals surface area contributed by atoms with Gasteiger partial charge in [-0.05, 0) is 24.8 Å². The van der Waals surface area contributed by atoms with Crippen molar-refractivity contribution in [3.63, 3.8) is 0 Å². The van der Waals surface area contributed by atoms with Gasteiger partial charge in [-0.2, -0.15) is 0 Å². The number of halogens is 1. The third-order valence-corrected chi connectivity index (χ3v) is 3.40. The van der Waals surface area contributed by atoms with Gasteiger partial charge in [0.25, 0.3) is 5.91 Å². The Morgan fingerprint density at radius 1 is 1.67 bits per heavy atom. The van der Waals surface area contributed by atoms with Crippen LogP contribution in [-0.4, -0.2) is 40.6 Å². The summed E-state index contributed by atoms with van der Waals surface area (Å²) in [6.07, 6.45) is 3.24. The number of hydrogen-bond acceptors (Lipinski definition) is 4. The van der Waals surface area contributed by atoms with E-state index in [1.165, 1.54) is 12.3 Å². The number of amides is 1. The zero-order valence-electron chi connectivity index (χ0n) is 9.97. The fourth-order valence-electron chi connectivity index (χ4n) is 2.19. The maximum Gasteiger partial charge on any atom is 0.256 e. The number of hydrogen-bond donors (Lipinski definition) is 2. The van der Waals surface area contributed by atoms with Crippen molar-refractivity contribution in [2.24, 2.45) is 5.92 Å². The van der Waals surface area contributed by atoms with Crippen LogP contribution in [-0.2, 0) is 0 Å². The molecule has 1 saturated heterocycles. The zero-order valence-corrected chi connectivity index (χ0v) is 10.7. The Kier molecular flexibility index (Phi) is 4.04. The second-order valence-electron chi connectivity index (χ2n) is 4.54. The molecule has 1 aromatic heterocycles. The molecule has 3 N–H and O–H groups in total. The van der Waals surface area contributed by atoms with E-state index in [9.17, 15) is 4.79 Å². The molecule has 0 aromatic carbocycles. The third kappa shape index (κ3) is 2.73. The van der Waals surface area contributed by atoms with Gasteiger partial charge in [0.1, 0.15) is 5.15 Å². The Balaban J connectivity index is 2.17. The van der Waals surface area contributed by atoms with Gasteiger partial charge in [0.2, 0.25) is 0 Å². The lowest BCUT2D eigenvalue weighted by Crippen LogP contribution is -2.41. The van der Waals surface area contributed by atoms with E-state index in [1.807, 2.05) is 0 Å². The number of rotatable bonds is 2. The van der Waals surface area contributed by atoms with Crippen LogP contribution < -0.4 is 5.73 Å². The van der Waals surface area contributed by atoms with Crippen molar-refractivity contribution in [3.05, 3.63) is 23.0 Å². The zero-order chi connectivity index (χ0) is 13.1. The van der Waals surface area contributed by atoms with Crippen molar-refractivity contribution >= 4 is 23.2 Å². The third-order valence-electron chi connectivity index (χ3n) is 3.20. The van der Waals surface area contributed by atoms with Crippen LogP contribution in [0.3, 0.4) is 0 Å². The molecule has 1 amide bonds. The van der Waals surface area contributed by atoms with E-state index < -0.39 is 0 Å². The molecule has 18 heavy (non-hydrogen) atoms. The summed E-state index contributed by atoms with van der Waals surface area (Å²) in [4.78, 5) is 17.9. The Hall–Kier alpha value is -1.33. The quantitative estimate of drug-likeness (QED) is 0.790. The van der Waals surface area contributed by atoms with Crippen molar-refractivity contribution in [3.8, 4) is 0 Å². The number of anilines is 1. The summed E-state index contributed by atoms with van der Waals surface area (Å²) < 4.78 is 0. The van der Waals surface area contributed by atoms with Crippen LogP contribution in [0, 0.1) is 5.92 Å². The Morgan fingerprint density at radius 2 is 2.44 bits per heavy atom. The lowest BCUT2D eigenvalue weighted by molar-refractivity contribution is 0.0621. The minimum Gasteiger partial charge on any atom is -0.397 e.